The number of alkyl halides is 1. The van der Waals surface area contributed by atoms with Gasteiger partial charge in [0, 0.05) is 35.9 Å². The maximum Gasteiger partial charge on any atom is 0.251 e. The van der Waals surface area contributed by atoms with Gasteiger partial charge in [-0.1, -0.05) is 65.3 Å². The number of hydrogen-bond donors (Lipinski definition) is 1. The van der Waals surface area contributed by atoms with Crippen LogP contribution in [0.5, 0.6) is 0 Å². The third-order valence-corrected chi connectivity index (χ3v) is 11.9. The number of aliphatic hydroxyl groups is 1. The van der Waals surface area contributed by atoms with E-state index in [1.54, 1.807) is 45.7 Å². The van der Waals surface area contributed by atoms with Crippen molar-refractivity contribution in [3.63, 3.8) is 0 Å². The quantitative estimate of drug-likeness (QED) is 0.316. The second kappa shape index (κ2) is 11.3. The van der Waals surface area contributed by atoms with Crippen LogP contribution in [0.15, 0.2) is 67.8 Å². The van der Waals surface area contributed by atoms with Gasteiger partial charge in [0.15, 0.2) is 0 Å². The highest BCUT2D eigenvalue weighted by Crippen LogP contribution is 2.68. The summed E-state index contributed by atoms with van der Waals surface area (Å²) in [6.45, 7) is 9.97. The molecule has 3 fully saturated rings. The molecule has 1 spiro atoms. The van der Waals surface area contributed by atoms with Crippen LogP contribution in [0.1, 0.15) is 19.8 Å². The molecule has 3 aliphatic heterocycles. The van der Waals surface area contributed by atoms with E-state index >= 15 is 0 Å². The lowest BCUT2D eigenvalue weighted by molar-refractivity contribution is -0.144. The fraction of sp³-hybridized carbons (Fsp3) is 0.452. The molecular weight excluding hydrogens is 590 g/mol. The van der Waals surface area contributed by atoms with Gasteiger partial charge < -0.3 is 19.8 Å². The molecule has 7 atom stereocenters. The lowest BCUT2D eigenvalue weighted by Gasteiger charge is -2.40. The summed E-state index contributed by atoms with van der Waals surface area (Å²) in [5, 5.41) is 12.3. The molecular formula is C31H36BrN3O4S. The van der Waals surface area contributed by atoms with Crippen LogP contribution in [0, 0.1) is 11.8 Å². The molecule has 212 valence electrons. The molecule has 3 aliphatic rings. The van der Waals surface area contributed by atoms with Crippen LogP contribution in [-0.2, 0) is 14.4 Å². The third kappa shape index (κ3) is 4.41. The Kier molecular flexibility index (Phi) is 8.19. The maximum atomic E-state index is 14.8. The van der Waals surface area contributed by atoms with E-state index in [0.29, 0.717) is 19.4 Å². The van der Waals surface area contributed by atoms with Gasteiger partial charge in [0.25, 0.3) is 5.91 Å². The Balaban J connectivity index is 1.62. The smallest absolute Gasteiger partial charge is 0.251 e. The van der Waals surface area contributed by atoms with Gasteiger partial charge in [-0.15, -0.1) is 24.9 Å². The fourth-order valence-electron chi connectivity index (χ4n) is 6.92. The molecule has 5 rings (SSSR count). The van der Waals surface area contributed by atoms with Gasteiger partial charge in [-0.25, -0.2) is 0 Å². The van der Waals surface area contributed by atoms with Crippen molar-refractivity contribution >= 4 is 61.9 Å². The van der Waals surface area contributed by atoms with Crippen molar-refractivity contribution in [1.82, 2.24) is 9.80 Å². The number of nitrogens with zero attached hydrogens (tertiary/aromatic N) is 3. The summed E-state index contributed by atoms with van der Waals surface area (Å²) in [5.41, 5.74) is 0.721. The van der Waals surface area contributed by atoms with E-state index in [-0.39, 0.29) is 41.0 Å². The average molecular weight is 627 g/mol. The molecule has 3 heterocycles. The Morgan fingerprint density at radius 3 is 2.52 bits per heavy atom. The van der Waals surface area contributed by atoms with Crippen LogP contribution < -0.4 is 4.90 Å². The van der Waals surface area contributed by atoms with Crippen molar-refractivity contribution in [3.05, 3.63) is 67.8 Å². The Labute approximate surface area is 248 Å². The van der Waals surface area contributed by atoms with E-state index in [4.69, 9.17) is 0 Å². The van der Waals surface area contributed by atoms with E-state index in [1.165, 1.54) is 0 Å². The van der Waals surface area contributed by atoms with Crippen LogP contribution in [-0.4, -0.2) is 86.3 Å². The highest BCUT2D eigenvalue weighted by Gasteiger charge is 2.76. The molecule has 3 amide bonds. The minimum Gasteiger partial charge on any atom is -0.394 e. The Hall–Kier alpha value is -2.62. The third-order valence-electron chi connectivity index (χ3n) is 8.72. The van der Waals surface area contributed by atoms with Gasteiger partial charge in [0.05, 0.1) is 29.2 Å². The summed E-state index contributed by atoms with van der Waals surface area (Å²) < 4.78 is -0.790. The number of carbonyl (C=O) groups is 3. The maximum absolute atomic E-state index is 14.8. The van der Waals surface area contributed by atoms with E-state index in [1.807, 2.05) is 49.4 Å². The summed E-state index contributed by atoms with van der Waals surface area (Å²) in [4.78, 5) is 47.8. The number of likely N-dealkylation sites (tertiary alicyclic amines) is 1. The van der Waals surface area contributed by atoms with Crippen molar-refractivity contribution in [1.29, 1.82) is 0 Å². The summed E-state index contributed by atoms with van der Waals surface area (Å²) in [7, 11) is 1.73. The number of halogens is 1. The Morgan fingerprint density at radius 1 is 1.18 bits per heavy atom. The number of rotatable bonds is 10. The first-order valence-electron chi connectivity index (χ1n) is 13.8. The number of fused-ring (bicyclic) bond motifs is 2. The molecule has 0 radical (unpaired) electrons. The largest absolute Gasteiger partial charge is 0.394 e. The summed E-state index contributed by atoms with van der Waals surface area (Å²) in [6, 6.07) is 12.5. The highest BCUT2D eigenvalue weighted by atomic mass is 79.9. The molecule has 0 saturated carbocycles. The minimum atomic E-state index is -0.828. The summed E-state index contributed by atoms with van der Waals surface area (Å²) >= 11 is 5.43. The number of carbonyl (C=O) groups excluding carboxylic acids is 3. The number of thioether (sulfide) groups is 1. The van der Waals surface area contributed by atoms with Crippen molar-refractivity contribution in [2.24, 2.45) is 11.8 Å². The molecule has 2 bridgehead atoms. The first-order valence-corrected chi connectivity index (χ1v) is 15.5. The summed E-state index contributed by atoms with van der Waals surface area (Å²) in [6.07, 6.45) is 4.44. The predicted octanol–water partition coefficient (Wildman–Crippen LogP) is 4.24. The number of likely N-dealkylation sites (N-methyl/N-ethyl adjacent to an activating group) is 1. The van der Waals surface area contributed by atoms with Crippen molar-refractivity contribution in [2.75, 3.05) is 31.6 Å². The van der Waals surface area contributed by atoms with Crippen molar-refractivity contribution in [2.45, 2.75) is 46.7 Å². The van der Waals surface area contributed by atoms with E-state index in [9.17, 15) is 19.5 Å². The zero-order chi connectivity index (χ0) is 28.8. The van der Waals surface area contributed by atoms with Crippen molar-refractivity contribution in [3.8, 4) is 0 Å². The lowest BCUT2D eigenvalue weighted by Crippen LogP contribution is -2.58. The number of benzene rings is 2. The number of amides is 3. The van der Waals surface area contributed by atoms with Gasteiger partial charge in [-0.3, -0.25) is 14.4 Å². The molecule has 3 unspecified atom stereocenters. The minimum absolute atomic E-state index is 0.0226. The molecule has 2 aromatic carbocycles. The second-order valence-corrected chi connectivity index (χ2v) is 13.6. The highest BCUT2D eigenvalue weighted by molar-refractivity contribution is 9.09. The Morgan fingerprint density at radius 2 is 1.88 bits per heavy atom. The zero-order valence-electron chi connectivity index (χ0n) is 22.9. The molecule has 1 N–H and O–H groups in total. The van der Waals surface area contributed by atoms with Crippen LogP contribution in [0.25, 0.3) is 10.8 Å². The fourth-order valence-corrected chi connectivity index (χ4v) is 10.5. The van der Waals surface area contributed by atoms with Gasteiger partial charge in [0.2, 0.25) is 11.8 Å². The van der Waals surface area contributed by atoms with Gasteiger partial charge in [-0.2, -0.15) is 0 Å². The summed E-state index contributed by atoms with van der Waals surface area (Å²) in [5.74, 6) is -1.74. The molecule has 0 aliphatic carbocycles. The second-order valence-electron chi connectivity index (χ2n) is 10.9. The zero-order valence-corrected chi connectivity index (χ0v) is 25.3. The van der Waals surface area contributed by atoms with Crippen molar-refractivity contribution < 1.29 is 19.5 Å². The number of aliphatic hydroxyl groups excluding tert-OH is 1. The van der Waals surface area contributed by atoms with E-state index in [2.05, 4.69) is 29.1 Å². The van der Waals surface area contributed by atoms with Gasteiger partial charge >= 0.3 is 0 Å². The number of hydrogen-bond acceptors (Lipinski definition) is 5. The SMILES string of the molecule is C=CCN(C)C(=O)[C@H]1[C@H]2C(=O)N([C@@H](CC)CO)C(C(=O)N(CC=C)c3ccc4ccccc4c3)C23CC(Br)[C@@H]1S3. The van der Waals surface area contributed by atoms with Crippen LogP contribution in [0.3, 0.4) is 0 Å². The number of anilines is 1. The molecule has 0 aromatic heterocycles. The topological polar surface area (TPSA) is 81.2 Å². The molecule has 7 nitrogen and oxygen atoms in total. The van der Waals surface area contributed by atoms with Crippen LogP contribution in [0.4, 0.5) is 5.69 Å². The monoisotopic (exact) mass is 625 g/mol. The van der Waals surface area contributed by atoms with Gasteiger partial charge in [-0.05, 0) is 35.7 Å². The van der Waals surface area contributed by atoms with Crippen LogP contribution in [0.2, 0.25) is 0 Å². The average Bonchev–Trinajstić information content (AvgIpc) is 3.55. The molecule has 3 saturated heterocycles. The molecule has 2 aromatic rings. The first-order chi connectivity index (χ1) is 19.2. The normalized spacial score (nSPS) is 29.4. The van der Waals surface area contributed by atoms with E-state index < -0.39 is 28.7 Å². The lowest BCUT2D eigenvalue weighted by atomic mass is 9.70. The Bertz CT molecular complexity index is 1350. The van der Waals surface area contributed by atoms with Gasteiger partial charge in [0.1, 0.15) is 6.04 Å². The van der Waals surface area contributed by atoms with E-state index in [0.717, 1.165) is 16.5 Å². The predicted molar refractivity (Wildman–Crippen MR) is 165 cm³/mol. The standard InChI is InChI=1S/C31H36BrN3O4S/c1-5-14-33(4)28(37)24-25-29(38)35(21(7-3)18-36)27(31(25)17-23(32)26(24)40-31)30(39)34(15-6-2)22-13-12-19-10-8-9-11-20(19)16-22/h5-6,8-13,16,21,23-27,36H,1-2,7,14-15,17-18H2,3-4H3/t21-,23?,24-,25-,26-,27?,31?/m0/s1. The van der Waals surface area contributed by atoms with Crippen LogP contribution >= 0.6 is 27.7 Å². The molecule has 40 heavy (non-hydrogen) atoms. The molecule has 9 heteroatoms. The first kappa shape index (κ1) is 28.9.